The quantitative estimate of drug-likeness (QED) is 0.499. The molecule has 0 saturated heterocycles. The Morgan fingerprint density at radius 1 is 1.38 bits per heavy atom. The normalized spacial score (nSPS) is 10.2. The molecule has 0 bridgehead atoms. The predicted octanol–water partition coefficient (Wildman–Crippen LogP) is 2.38. The van der Waals surface area contributed by atoms with Crippen molar-refractivity contribution in [2.45, 2.75) is 18.6 Å². The smallest absolute Gasteiger partial charge is 0.343 e. The molecule has 1 N–H and O–H groups in total. The first-order valence-electron chi connectivity index (χ1n) is 6.46. The molecule has 0 spiro atoms. The predicted molar refractivity (Wildman–Crippen MR) is 81.3 cm³/mol. The van der Waals surface area contributed by atoms with E-state index in [0.29, 0.717) is 29.7 Å². The van der Waals surface area contributed by atoms with Crippen LogP contribution in [0.4, 0.5) is 5.82 Å². The van der Waals surface area contributed by atoms with Crippen LogP contribution in [0.15, 0.2) is 35.7 Å². The van der Waals surface area contributed by atoms with Gasteiger partial charge in [0, 0.05) is 12.4 Å². The number of pyridine rings is 1. The van der Waals surface area contributed by atoms with Crippen molar-refractivity contribution in [1.82, 2.24) is 15.0 Å². The van der Waals surface area contributed by atoms with Gasteiger partial charge in [-0.05, 0) is 25.3 Å². The standard InChI is InChI=1S/C14H16N4O2S/c1-3-20-13(19)11-9-17-14(21-2)18-12(11)16-8-10-6-4-5-7-15-10/h4-7,9H,3,8H2,1-2H3,(H,16,17,18). The van der Waals surface area contributed by atoms with Crippen LogP contribution < -0.4 is 5.32 Å². The summed E-state index contributed by atoms with van der Waals surface area (Å²) in [5.41, 5.74) is 1.18. The third kappa shape index (κ3) is 4.16. The summed E-state index contributed by atoms with van der Waals surface area (Å²) in [7, 11) is 0. The summed E-state index contributed by atoms with van der Waals surface area (Å²) in [6, 6.07) is 5.65. The number of ether oxygens (including phenoxy) is 1. The molecule has 0 saturated carbocycles. The lowest BCUT2D eigenvalue weighted by atomic mass is 10.3. The zero-order valence-corrected chi connectivity index (χ0v) is 12.7. The van der Waals surface area contributed by atoms with Crippen molar-refractivity contribution < 1.29 is 9.53 Å². The van der Waals surface area contributed by atoms with E-state index in [4.69, 9.17) is 4.74 Å². The molecule has 2 heterocycles. The van der Waals surface area contributed by atoms with Gasteiger partial charge >= 0.3 is 5.97 Å². The summed E-state index contributed by atoms with van der Waals surface area (Å²) in [4.78, 5) is 24.6. The third-order valence-corrected chi connectivity index (χ3v) is 3.17. The zero-order chi connectivity index (χ0) is 15.1. The Hall–Kier alpha value is -2.15. The van der Waals surface area contributed by atoms with Crippen LogP contribution in [0.2, 0.25) is 0 Å². The first-order chi connectivity index (χ1) is 10.2. The number of nitrogens with zero attached hydrogens (tertiary/aromatic N) is 3. The summed E-state index contributed by atoms with van der Waals surface area (Å²) in [6.45, 7) is 2.54. The number of esters is 1. The lowest BCUT2D eigenvalue weighted by Gasteiger charge is -2.10. The van der Waals surface area contributed by atoms with E-state index in [1.807, 2.05) is 24.5 Å². The zero-order valence-electron chi connectivity index (χ0n) is 11.9. The number of nitrogens with one attached hydrogen (secondary N) is 1. The summed E-state index contributed by atoms with van der Waals surface area (Å²) in [5, 5.41) is 3.71. The van der Waals surface area contributed by atoms with Crippen LogP contribution in [-0.2, 0) is 11.3 Å². The van der Waals surface area contributed by atoms with Gasteiger partial charge in [0.1, 0.15) is 11.4 Å². The van der Waals surface area contributed by atoms with Crippen LogP contribution in [-0.4, -0.2) is 33.8 Å². The summed E-state index contributed by atoms with van der Waals surface area (Å²) >= 11 is 1.41. The van der Waals surface area contributed by atoms with E-state index < -0.39 is 5.97 Å². The molecular formula is C14H16N4O2S. The van der Waals surface area contributed by atoms with Crippen LogP contribution in [0, 0.1) is 0 Å². The molecule has 0 amide bonds. The van der Waals surface area contributed by atoms with Crippen LogP contribution in [0.1, 0.15) is 23.0 Å². The topological polar surface area (TPSA) is 77.0 Å². The largest absolute Gasteiger partial charge is 0.462 e. The van der Waals surface area contributed by atoms with Crippen molar-refractivity contribution in [3.05, 3.63) is 41.9 Å². The number of rotatable bonds is 6. The van der Waals surface area contributed by atoms with E-state index in [9.17, 15) is 4.79 Å². The molecule has 0 aliphatic rings. The Kier molecular flexibility index (Phi) is 5.51. The van der Waals surface area contributed by atoms with Crippen molar-refractivity contribution in [2.75, 3.05) is 18.2 Å². The van der Waals surface area contributed by atoms with Crippen molar-refractivity contribution in [3.8, 4) is 0 Å². The number of carbonyl (C=O) groups is 1. The number of aromatic nitrogens is 3. The highest BCUT2D eigenvalue weighted by molar-refractivity contribution is 7.98. The number of thioether (sulfide) groups is 1. The molecule has 0 aromatic carbocycles. The van der Waals surface area contributed by atoms with E-state index >= 15 is 0 Å². The van der Waals surface area contributed by atoms with Gasteiger partial charge in [-0.3, -0.25) is 4.98 Å². The van der Waals surface area contributed by atoms with Gasteiger partial charge in [-0.25, -0.2) is 14.8 Å². The fourth-order valence-electron chi connectivity index (χ4n) is 1.63. The van der Waals surface area contributed by atoms with Gasteiger partial charge in [-0.1, -0.05) is 17.8 Å². The van der Waals surface area contributed by atoms with Crippen LogP contribution in [0.25, 0.3) is 0 Å². The number of carbonyl (C=O) groups excluding carboxylic acids is 1. The highest BCUT2D eigenvalue weighted by Gasteiger charge is 2.15. The second-order valence-corrected chi connectivity index (χ2v) is 4.79. The van der Waals surface area contributed by atoms with E-state index in [1.165, 1.54) is 18.0 Å². The second-order valence-electron chi connectivity index (χ2n) is 4.01. The van der Waals surface area contributed by atoms with E-state index in [2.05, 4.69) is 20.3 Å². The maximum atomic E-state index is 11.9. The van der Waals surface area contributed by atoms with Crippen molar-refractivity contribution in [3.63, 3.8) is 0 Å². The monoisotopic (exact) mass is 304 g/mol. The van der Waals surface area contributed by atoms with Crippen molar-refractivity contribution in [1.29, 1.82) is 0 Å². The van der Waals surface area contributed by atoms with Crippen LogP contribution >= 0.6 is 11.8 Å². The molecule has 0 aliphatic heterocycles. The Balaban J connectivity index is 2.20. The number of hydrogen-bond donors (Lipinski definition) is 1. The molecule has 7 heteroatoms. The summed E-state index contributed by atoms with van der Waals surface area (Å²) < 4.78 is 5.01. The van der Waals surface area contributed by atoms with Gasteiger partial charge in [-0.15, -0.1) is 0 Å². The van der Waals surface area contributed by atoms with Gasteiger partial charge < -0.3 is 10.1 Å². The fourth-order valence-corrected chi connectivity index (χ4v) is 1.97. The van der Waals surface area contributed by atoms with Crippen LogP contribution in [0.5, 0.6) is 0 Å². The van der Waals surface area contributed by atoms with Crippen LogP contribution in [0.3, 0.4) is 0 Å². The van der Waals surface area contributed by atoms with Gasteiger partial charge in [-0.2, -0.15) is 0 Å². The Labute approximate surface area is 127 Å². The molecule has 0 unspecified atom stereocenters. The maximum Gasteiger partial charge on any atom is 0.343 e. The Morgan fingerprint density at radius 2 is 2.24 bits per heavy atom. The molecule has 2 rings (SSSR count). The maximum absolute atomic E-state index is 11.9. The molecule has 110 valence electrons. The minimum atomic E-state index is -0.436. The number of anilines is 1. The first-order valence-corrected chi connectivity index (χ1v) is 7.69. The molecule has 2 aromatic rings. The lowest BCUT2D eigenvalue weighted by molar-refractivity contribution is 0.0526. The molecule has 0 fully saturated rings. The van der Waals surface area contributed by atoms with Gasteiger partial charge in [0.15, 0.2) is 5.16 Å². The Bertz CT molecular complexity index is 607. The first kappa shape index (κ1) is 15.2. The van der Waals surface area contributed by atoms with Crippen molar-refractivity contribution in [2.24, 2.45) is 0 Å². The molecule has 0 aliphatic carbocycles. The third-order valence-electron chi connectivity index (χ3n) is 2.61. The SMILES string of the molecule is CCOC(=O)c1cnc(SC)nc1NCc1ccccn1. The lowest BCUT2D eigenvalue weighted by Crippen LogP contribution is -2.13. The average molecular weight is 304 g/mol. The molecule has 0 radical (unpaired) electrons. The Morgan fingerprint density at radius 3 is 2.90 bits per heavy atom. The van der Waals surface area contributed by atoms with Gasteiger partial charge in [0.25, 0.3) is 0 Å². The second kappa shape index (κ2) is 7.58. The van der Waals surface area contributed by atoms with E-state index in [-0.39, 0.29) is 0 Å². The minimum absolute atomic E-state index is 0.308. The minimum Gasteiger partial charge on any atom is -0.462 e. The van der Waals surface area contributed by atoms with E-state index in [1.54, 1.807) is 13.1 Å². The van der Waals surface area contributed by atoms with Crippen molar-refractivity contribution >= 4 is 23.5 Å². The molecule has 2 aromatic heterocycles. The summed E-state index contributed by atoms with van der Waals surface area (Å²) in [5.74, 6) is 0.0205. The number of hydrogen-bond acceptors (Lipinski definition) is 7. The highest BCUT2D eigenvalue weighted by atomic mass is 32.2. The molecular weight excluding hydrogens is 288 g/mol. The highest BCUT2D eigenvalue weighted by Crippen LogP contribution is 2.18. The molecule has 0 atom stereocenters. The van der Waals surface area contributed by atoms with Gasteiger partial charge in [0.05, 0.1) is 18.8 Å². The molecule has 21 heavy (non-hydrogen) atoms. The average Bonchev–Trinajstić information content (AvgIpc) is 2.53. The molecule has 6 nitrogen and oxygen atoms in total. The van der Waals surface area contributed by atoms with E-state index in [0.717, 1.165) is 5.69 Å². The van der Waals surface area contributed by atoms with Gasteiger partial charge in [0.2, 0.25) is 0 Å². The fraction of sp³-hybridized carbons (Fsp3) is 0.286. The summed E-state index contributed by atoms with van der Waals surface area (Å²) in [6.07, 6.45) is 5.08.